The quantitative estimate of drug-likeness (QED) is 0.749. The van der Waals surface area contributed by atoms with Crippen LogP contribution in [0.2, 0.25) is 0 Å². The molecular weight excluding hydrogens is 342 g/mol. The van der Waals surface area contributed by atoms with E-state index in [4.69, 9.17) is 4.74 Å². The van der Waals surface area contributed by atoms with E-state index in [0.29, 0.717) is 13.1 Å². The molecule has 1 unspecified atom stereocenters. The third kappa shape index (κ3) is 3.54. The lowest BCUT2D eigenvalue weighted by atomic mass is 9.97. The van der Waals surface area contributed by atoms with Gasteiger partial charge in [-0.15, -0.1) is 0 Å². The third-order valence-corrected chi connectivity index (χ3v) is 4.88. The molecule has 1 saturated heterocycles. The Labute approximate surface area is 158 Å². The lowest BCUT2D eigenvalue weighted by Crippen LogP contribution is -2.35. The van der Waals surface area contributed by atoms with Gasteiger partial charge >= 0.3 is 6.09 Å². The molecule has 0 radical (unpaired) electrons. The summed E-state index contributed by atoms with van der Waals surface area (Å²) in [5.74, 6) is 0.275. The Morgan fingerprint density at radius 1 is 1.30 bits per heavy atom. The number of aryl methyl sites for hydroxylation is 1. The van der Waals surface area contributed by atoms with E-state index in [0.717, 1.165) is 28.6 Å². The Balaban J connectivity index is 1.58. The second kappa shape index (κ2) is 6.40. The second-order valence-electron chi connectivity index (χ2n) is 8.18. The molecule has 142 valence electrons. The van der Waals surface area contributed by atoms with E-state index in [1.165, 1.54) is 5.56 Å². The van der Waals surface area contributed by atoms with Gasteiger partial charge in [-0.2, -0.15) is 5.10 Å². The SMILES string of the molecule is Cn1cc(-c2cnc3[nH]cc(C4CCN(C(=O)OC(C)(C)C)C4)c3c2)cn1. The summed E-state index contributed by atoms with van der Waals surface area (Å²) in [6, 6.07) is 2.15. The van der Waals surface area contributed by atoms with Crippen LogP contribution in [-0.2, 0) is 11.8 Å². The van der Waals surface area contributed by atoms with E-state index in [-0.39, 0.29) is 12.0 Å². The monoisotopic (exact) mass is 367 g/mol. The van der Waals surface area contributed by atoms with Gasteiger partial charge in [0.05, 0.1) is 6.20 Å². The van der Waals surface area contributed by atoms with E-state index in [2.05, 4.69) is 21.1 Å². The highest BCUT2D eigenvalue weighted by Crippen LogP contribution is 2.34. The summed E-state index contributed by atoms with van der Waals surface area (Å²) in [7, 11) is 1.90. The van der Waals surface area contributed by atoms with Gasteiger partial charge in [0.2, 0.25) is 0 Å². The zero-order valence-corrected chi connectivity index (χ0v) is 16.2. The van der Waals surface area contributed by atoms with Gasteiger partial charge in [0.15, 0.2) is 0 Å². The molecule has 0 bridgehead atoms. The van der Waals surface area contributed by atoms with Crippen molar-refractivity contribution in [1.82, 2.24) is 24.6 Å². The molecule has 1 atom stereocenters. The number of aromatic amines is 1. The number of likely N-dealkylation sites (tertiary alicyclic amines) is 1. The number of ether oxygens (including phenoxy) is 1. The third-order valence-electron chi connectivity index (χ3n) is 4.88. The highest BCUT2D eigenvalue weighted by molar-refractivity contribution is 5.85. The number of hydrogen-bond donors (Lipinski definition) is 1. The molecule has 7 heteroatoms. The molecule has 3 aromatic rings. The standard InChI is InChI=1S/C20H25N5O2/c1-20(2,3)27-19(26)25-6-5-13(12-25)17-10-22-18-16(17)7-14(8-21-18)15-9-23-24(4)11-15/h7-11,13H,5-6,12H2,1-4H3,(H,21,22). The van der Waals surface area contributed by atoms with E-state index in [1.807, 2.05) is 52.6 Å². The number of nitrogens with one attached hydrogen (secondary N) is 1. The maximum absolute atomic E-state index is 12.4. The number of rotatable bonds is 2. The molecule has 1 amide bonds. The number of nitrogens with zero attached hydrogens (tertiary/aromatic N) is 4. The van der Waals surface area contributed by atoms with Crippen molar-refractivity contribution in [2.45, 2.75) is 38.7 Å². The normalized spacial score (nSPS) is 17.6. The van der Waals surface area contributed by atoms with Crippen LogP contribution in [0.4, 0.5) is 4.79 Å². The Kier molecular flexibility index (Phi) is 4.17. The Hall–Kier alpha value is -2.83. The van der Waals surface area contributed by atoms with Crippen molar-refractivity contribution in [1.29, 1.82) is 0 Å². The average molecular weight is 367 g/mol. The molecule has 4 heterocycles. The lowest BCUT2D eigenvalue weighted by molar-refractivity contribution is 0.0292. The Bertz CT molecular complexity index is 982. The topological polar surface area (TPSA) is 76.0 Å². The van der Waals surface area contributed by atoms with Crippen molar-refractivity contribution in [3.05, 3.63) is 36.4 Å². The van der Waals surface area contributed by atoms with Crippen LogP contribution in [0, 0.1) is 0 Å². The summed E-state index contributed by atoms with van der Waals surface area (Å²) < 4.78 is 7.30. The number of aromatic nitrogens is 4. The van der Waals surface area contributed by atoms with Crippen molar-refractivity contribution >= 4 is 17.1 Å². The predicted molar refractivity (Wildman–Crippen MR) is 103 cm³/mol. The minimum atomic E-state index is -0.474. The Morgan fingerprint density at radius 3 is 2.81 bits per heavy atom. The largest absolute Gasteiger partial charge is 0.444 e. The molecule has 0 aromatic carbocycles. The van der Waals surface area contributed by atoms with E-state index < -0.39 is 5.60 Å². The summed E-state index contributed by atoms with van der Waals surface area (Å²) in [5.41, 5.74) is 3.68. The minimum absolute atomic E-state index is 0.237. The molecule has 7 nitrogen and oxygen atoms in total. The van der Waals surface area contributed by atoms with Gasteiger partial charge in [-0.1, -0.05) is 0 Å². The molecule has 27 heavy (non-hydrogen) atoms. The molecule has 4 rings (SSSR count). The number of carbonyl (C=O) groups excluding carboxylic acids is 1. The van der Waals surface area contributed by atoms with Crippen LogP contribution in [0.25, 0.3) is 22.2 Å². The number of fused-ring (bicyclic) bond motifs is 1. The van der Waals surface area contributed by atoms with Gasteiger partial charge in [0.25, 0.3) is 0 Å². The number of hydrogen-bond acceptors (Lipinski definition) is 4. The highest BCUT2D eigenvalue weighted by atomic mass is 16.6. The minimum Gasteiger partial charge on any atom is -0.444 e. The predicted octanol–water partition coefficient (Wildman–Crippen LogP) is 3.69. The molecule has 0 aliphatic carbocycles. The summed E-state index contributed by atoms with van der Waals surface area (Å²) in [4.78, 5) is 22.0. The fourth-order valence-corrected chi connectivity index (χ4v) is 3.60. The fraction of sp³-hybridized carbons (Fsp3) is 0.450. The first-order chi connectivity index (χ1) is 12.8. The van der Waals surface area contributed by atoms with E-state index >= 15 is 0 Å². The summed E-state index contributed by atoms with van der Waals surface area (Å²) in [6.45, 7) is 7.05. The van der Waals surface area contributed by atoms with Gasteiger partial charge in [-0.3, -0.25) is 4.68 Å². The van der Waals surface area contributed by atoms with E-state index in [1.54, 1.807) is 9.58 Å². The van der Waals surface area contributed by atoms with Crippen molar-refractivity contribution in [3.63, 3.8) is 0 Å². The van der Waals surface area contributed by atoms with Crippen molar-refractivity contribution < 1.29 is 9.53 Å². The van der Waals surface area contributed by atoms with Gasteiger partial charge in [-0.25, -0.2) is 9.78 Å². The second-order valence-corrected chi connectivity index (χ2v) is 8.18. The lowest BCUT2D eigenvalue weighted by Gasteiger charge is -2.24. The van der Waals surface area contributed by atoms with Crippen molar-refractivity contribution in [3.8, 4) is 11.1 Å². The van der Waals surface area contributed by atoms with Crippen LogP contribution in [0.1, 0.15) is 38.7 Å². The first-order valence-corrected chi connectivity index (χ1v) is 9.24. The Morgan fingerprint density at radius 2 is 2.11 bits per heavy atom. The van der Waals surface area contributed by atoms with Gasteiger partial charge < -0.3 is 14.6 Å². The highest BCUT2D eigenvalue weighted by Gasteiger charge is 2.31. The number of pyridine rings is 1. The van der Waals surface area contributed by atoms with Gasteiger partial charge in [-0.05, 0) is 38.8 Å². The number of amides is 1. The number of carbonyl (C=O) groups is 1. The molecular formula is C20H25N5O2. The van der Waals surface area contributed by atoms with Crippen LogP contribution in [-0.4, -0.2) is 49.4 Å². The van der Waals surface area contributed by atoms with Crippen LogP contribution < -0.4 is 0 Å². The molecule has 1 aliphatic heterocycles. The molecule has 1 N–H and O–H groups in total. The van der Waals surface area contributed by atoms with Crippen LogP contribution in [0.15, 0.2) is 30.9 Å². The van der Waals surface area contributed by atoms with Crippen LogP contribution in [0.5, 0.6) is 0 Å². The maximum Gasteiger partial charge on any atom is 0.410 e. The molecule has 0 spiro atoms. The van der Waals surface area contributed by atoms with Crippen molar-refractivity contribution in [2.75, 3.05) is 13.1 Å². The fourth-order valence-electron chi connectivity index (χ4n) is 3.60. The maximum atomic E-state index is 12.4. The molecule has 1 aliphatic rings. The molecule has 3 aromatic heterocycles. The number of H-pyrrole nitrogens is 1. The summed E-state index contributed by atoms with van der Waals surface area (Å²) >= 11 is 0. The zero-order chi connectivity index (χ0) is 19.2. The van der Waals surface area contributed by atoms with E-state index in [9.17, 15) is 4.79 Å². The van der Waals surface area contributed by atoms with Crippen LogP contribution >= 0.6 is 0 Å². The first kappa shape index (κ1) is 17.6. The smallest absolute Gasteiger partial charge is 0.410 e. The van der Waals surface area contributed by atoms with Crippen molar-refractivity contribution in [2.24, 2.45) is 7.05 Å². The molecule has 1 fully saturated rings. The summed E-state index contributed by atoms with van der Waals surface area (Å²) in [5, 5.41) is 5.35. The zero-order valence-electron chi connectivity index (χ0n) is 16.2. The van der Waals surface area contributed by atoms with Crippen LogP contribution in [0.3, 0.4) is 0 Å². The first-order valence-electron chi connectivity index (χ1n) is 9.24. The van der Waals surface area contributed by atoms with Gasteiger partial charge in [0.1, 0.15) is 11.2 Å². The molecule has 0 saturated carbocycles. The summed E-state index contributed by atoms with van der Waals surface area (Å²) in [6.07, 6.45) is 8.39. The average Bonchev–Trinajstić information content (AvgIpc) is 3.31. The van der Waals surface area contributed by atoms with Gasteiger partial charge in [0, 0.05) is 61.2 Å².